The van der Waals surface area contributed by atoms with Gasteiger partial charge >= 0.3 is 0 Å². The van der Waals surface area contributed by atoms with Crippen LogP contribution in [0.15, 0.2) is 84.4 Å². The largest absolute Gasteiger partial charge is 0.457 e. The molecule has 3 aromatic rings. The molecule has 1 heterocycles. The summed E-state index contributed by atoms with van der Waals surface area (Å²) in [6.07, 6.45) is 3.17. The van der Waals surface area contributed by atoms with Crippen LogP contribution in [-0.2, 0) is 9.59 Å². The molecule has 6 heteroatoms. The van der Waals surface area contributed by atoms with Crippen LogP contribution in [0.1, 0.15) is 35.7 Å². The van der Waals surface area contributed by atoms with Crippen molar-refractivity contribution in [1.29, 1.82) is 0 Å². The highest BCUT2D eigenvalue weighted by Gasteiger charge is 2.49. The van der Waals surface area contributed by atoms with Gasteiger partial charge in [-0.2, -0.15) is 0 Å². The van der Waals surface area contributed by atoms with Crippen molar-refractivity contribution in [3.8, 4) is 11.5 Å². The lowest BCUT2D eigenvalue weighted by molar-refractivity contribution is -0.122. The number of fused-ring (bicyclic) bond motifs is 1. The minimum Gasteiger partial charge on any atom is -0.457 e. The van der Waals surface area contributed by atoms with E-state index in [1.54, 1.807) is 48.5 Å². The summed E-state index contributed by atoms with van der Waals surface area (Å²) in [4.78, 5) is 40.7. The smallest absolute Gasteiger partial charge is 0.257 e. The van der Waals surface area contributed by atoms with E-state index in [0.717, 1.165) is 16.9 Å². The van der Waals surface area contributed by atoms with Crippen LogP contribution >= 0.6 is 0 Å². The van der Waals surface area contributed by atoms with Crippen molar-refractivity contribution in [2.24, 2.45) is 11.8 Å². The Kier molecular flexibility index (Phi) is 5.95. The maximum Gasteiger partial charge on any atom is 0.257 e. The third-order valence-electron chi connectivity index (χ3n) is 6.55. The van der Waals surface area contributed by atoms with Crippen molar-refractivity contribution in [2.45, 2.75) is 26.7 Å². The number of amides is 3. The minimum atomic E-state index is -0.391. The molecule has 0 radical (unpaired) electrons. The average molecular weight is 467 g/mol. The summed E-state index contributed by atoms with van der Waals surface area (Å²) in [5.41, 5.74) is 3.40. The predicted molar refractivity (Wildman–Crippen MR) is 135 cm³/mol. The third-order valence-corrected chi connectivity index (χ3v) is 6.55. The second-order valence-corrected chi connectivity index (χ2v) is 9.13. The highest BCUT2D eigenvalue weighted by molar-refractivity contribution is 6.25. The van der Waals surface area contributed by atoms with Gasteiger partial charge in [-0.1, -0.05) is 35.9 Å². The van der Waals surface area contributed by atoms with Crippen molar-refractivity contribution < 1.29 is 19.1 Å². The van der Waals surface area contributed by atoms with Gasteiger partial charge in [0, 0.05) is 5.69 Å². The number of aryl methyl sites for hydroxylation is 1. The molecule has 3 aromatic carbocycles. The van der Waals surface area contributed by atoms with E-state index in [1.165, 1.54) is 4.90 Å². The Labute approximate surface area is 204 Å². The van der Waals surface area contributed by atoms with Crippen LogP contribution in [0.25, 0.3) is 0 Å². The molecule has 1 saturated heterocycles. The number of imide groups is 1. The van der Waals surface area contributed by atoms with Crippen molar-refractivity contribution in [1.82, 2.24) is 0 Å². The van der Waals surface area contributed by atoms with Gasteiger partial charge in [-0.15, -0.1) is 0 Å². The van der Waals surface area contributed by atoms with Crippen LogP contribution in [0.3, 0.4) is 0 Å². The lowest BCUT2D eigenvalue weighted by atomic mass is 9.82. The van der Waals surface area contributed by atoms with E-state index in [9.17, 15) is 14.4 Å². The quantitative estimate of drug-likeness (QED) is 0.376. The number of para-hydroxylation sites is 1. The zero-order valence-corrected chi connectivity index (χ0v) is 19.7. The van der Waals surface area contributed by atoms with Gasteiger partial charge < -0.3 is 10.1 Å². The number of anilines is 2. The van der Waals surface area contributed by atoms with Gasteiger partial charge in [0.15, 0.2) is 0 Å². The molecule has 2 atom stereocenters. The standard InChI is InChI=1S/C29H26N2O4/c1-18-6-5-7-22(16-18)35-21-13-11-20(12-14-21)30-27(32)24-8-3-4-9-26(24)31-28(33)23-15-10-19(2)17-25(23)29(31)34/h3-14,16,23,25H,15,17H2,1-2H3,(H,30,32)/t23-,25+/m1/s1. The fourth-order valence-corrected chi connectivity index (χ4v) is 4.76. The molecule has 0 saturated carbocycles. The molecule has 0 aromatic heterocycles. The molecule has 1 fully saturated rings. The van der Waals surface area contributed by atoms with Crippen LogP contribution in [0, 0.1) is 18.8 Å². The number of rotatable bonds is 5. The number of benzene rings is 3. The molecule has 0 unspecified atom stereocenters. The second kappa shape index (κ2) is 9.22. The number of hydrogen-bond donors (Lipinski definition) is 1. The van der Waals surface area contributed by atoms with Crippen molar-refractivity contribution in [3.05, 3.63) is 95.6 Å². The number of nitrogens with one attached hydrogen (secondary N) is 1. The monoisotopic (exact) mass is 466 g/mol. The summed E-state index contributed by atoms with van der Waals surface area (Å²) >= 11 is 0. The highest BCUT2D eigenvalue weighted by atomic mass is 16.5. The van der Waals surface area contributed by atoms with Crippen LogP contribution in [0.2, 0.25) is 0 Å². The molecule has 35 heavy (non-hydrogen) atoms. The number of carbonyl (C=O) groups is 3. The van der Waals surface area contributed by atoms with Crippen LogP contribution in [0.5, 0.6) is 11.5 Å². The topological polar surface area (TPSA) is 75.7 Å². The SMILES string of the molecule is CC1=CC[C@H]2C(=O)N(c3ccccc3C(=O)Nc3ccc(Oc4cccc(C)c4)cc3)C(=O)[C@H]2C1. The molecule has 1 aliphatic heterocycles. The van der Waals surface area contributed by atoms with Crippen molar-refractivity contribution >= 4 is 29.1 Å². The van der Waals surface area contributed by atoms with Crippen LogP contribution < -0.4 is 15.0 Å². The number of nitrogens with zero attached hydrogens (tertiary/aromatic N) is 1. The fourth-order valence-electron chi connectivity index (χ4n) is 4.76. The Morgan fingerprint density at radius 3 is 2.40 bits per heavy atom. The minimum absolute atomic E-state index is 0.231. The number of allylic oxidation sites excluding steroid dienone is 2. The molecule has 1 aliphatic carbocycles. The lowest BCUT2D eigenvalue weighted by Crippen LogP contribution is -2.33. The van der Waals surface area contributed by atoms with Crippen LogP contribution in [-0.4, -0.2) is 17.7 Å². The Hall–Kier alpha value is -4.19. The molecule has 3 amide bonds. The predicted octanol–water partition coefficient (Wildman–Crippen LogP) is 5.89. The number of hydrogen-bond acceptors (Lipinski definition) is 4. The Morgan fingerprint density at radius 1 is 0.886 bits per heavy atom. The van der Waals surface area contributed by atoms with Gasteiger partial charge in [-0.25, -0.2) is 4.90 Å². The molecule has 2 aliphatic rings. The molecule has 5 rings (SSSR count). The Balaban J connectivity index is 1.33. The van der Waals surface area contributed by atoms with Gasteiger partial charge in [-0.3, -0.25) is 14.4 Å². The first-order valence-corrected chi connectivity index (χ1v) is 11.7. The molecule has 176 valence electrons. The van der Waals surface area contributed by atoms with Gasteiger partial charge in [0.2, 0.25) is 11.8 Å². The van der Waals surface area contributed by atoms with Crippen LogP contribution in [0.4, 0.5) is 11.4 Å². The molecule has 6 nitrogen and oxygen atoms in total. The van der Waals surface area contributed by atoms with Gasteiger partial charge in [0.1, 0.15) is 11.5 Å². The summed E-state index contributed by atoms with van der Waals surface area (Å²) in [6, 6.07) is 21.5. The zero-order valence-electron chi connectivity index (χ0n) is 19.7. The molecule has 0 bridgehead atoms. The Bertz CT molecular complexity index is 1340. The Morgan fingerprint density at radius 2 is 1.63 bits per heavy atom. The summed E-state index contributed by atoms with van der Waals surface area (Å²) in [6.45, 7) is 3.98. The molecular weight excluding hydrogens is 440 g/mol. The maximum absolute atomic E-state index is 13.2. The van der Waals surface area contributed by atoms with Gasteiger partial charge in [-0.05, 0) is 80.8 Å². The first-order chi connectivity index (χ1) is 16.9. The van der Waals surface area contributed by atoms with E-state index < -0.39 is 5.91 Å². The molecular formula is C29H26N2O4. The zero-order chi connectivity index (χ0) is 24.5. The molecule has 0 spiro atoms. The number of ether oxygens (including phenoxy) is 1. The van der Waals surface area contributed by atoms with Gasteiger partial charge in [0.25, 0.3) is 5.91 Å². The lowest BCUT2D eigenvalue weighted by Gasteiger charge is -2.19. The number of carbonyl (C=O) groups excluding carboxylic acids is 3. The maximum atomic E-state index is 13.2. The summed E-state index contributed by atoms with van der Waals surface area (Å²) < 4.78 is 5.87. The normalized spacial score (nSPS) is 19.3. The highest BCUT2D eigenvalue weighted by Crippen LogP contribution is 2.40. The summed E-state index contributed by atoms with van der Waals surface area (Å²) in [7, 11) is 0. The third kappa shape index (κ3) is 4.47. The second-order valence-electron chi connectivity index (χ2n) is 9.13. The fraction of sp³-hybridized carbons (Fsp3) is 0.207. The van der Waals surface area contributed by atoms with Crippen molar-refractivity contribution in [2.75, 3.05) is 10.2 Å². The summed E-state index contributed by atoms with van der Waals surface area (Å²) in [5.74, 6) is -0.187. The summed E-state index contributed by atoms with van der Waals surface area (Å²) in [5, 5.41) is 2.87. The average Bonchev–Trinajstić information content (AvgIpc) is 3.09. The van der Waals surface area contributed by atoms with Crippen molar-refractivity contribution in [3.63, 3.8) is 0 Å². The van der Waals surface area contributed by atoms with E-state index in [4.69, 9.17) is 4.74 Å². The van der Waals surface area contributed by atoms with E-state index in [2.05, 4.69) is 5.32 Å². The first-order valence-electron chi connectivity index (χ1n) is 11.7. The van der Waals surface area contributed by atoms with E-state index in [-0.39, 0.29) is 29.2 Å². The first kappa shape index (κ1) is 22.6. The molecule has 1 N–H and O–H groups in total. The van der Waals surface area contributed by atoms with E-state index in [1.807, 2.05) is 44.2 Å². The van der Waals surface area contributed by atoms with E-state index in [0.29, 0.717) is 30.0 Å². The van der Waals surface area contributed by atoms with Gasteiger partial charge in [0.05, 0.1) is 23.1 Å². The van der Waals surface area contributed by atoms with E-state index >= 15 is 0 Å².